The first-order valence-corrected chi connectivity index (χ1v) is 8.58. The molecule has 0 fully saturated rings. The Morgan fingerprint density at radius 1 is 1.32 bits per heavy atom. The average Bonchev–Trinajstić information content (AvgIpc) is 2.46. The lowest BCUT2D eigenvalue weighted by Gasteiger charge is -2.18. The molecule has 124 valence electrons. The zero-order chi connectivity index (χ0) is 16.8. The van der Waals surface area contributed by atoms with Crippen LogP contribution in [0.5, 0.6) is 5.75 Å². The van der Waals surface area contributed by atoms with Crippen molar-refractivity contribution in [1.82, 2.24) is 5.32 Å². The lowest BCUT2D eigenvalue weighted by atomic mass is 10.3. The predicted octanol–water partition coefficient (Wildman–Crippen LogP) is 0.612. The second-order valence-corrected chi connectivity index (χ2v) is 6.78. The van der Waals surface area contributed by atoms with Gasteiger partial charge in [0, 0.05) is 20.7 Å². The van der Waals surface area contributed by atoms with Gasteiger partial charge in [-0.1, -0.05) is 0 Å². The van der Waals surface area contributed by atoms with E-state index in [1.807, 2.05) is 0 Å². The van der Waals surface area contributed by atoms with Crippen molar-refractivity contribution in [3.63, 3.8) is 0 Å². The summed E-state index contributed by atoms with van der Waals surface area (Å²) in [6.45, 7) is 2.49. The summed E-state index contributed by atoms with van der Waals surface area (Å²) in [5.74, 6) is 0.245. The van der Waals surface area contributed by atoms with Crippen molar-refractivity contribution >= 4 is 21.6 Å². The van der Waals surface area contributed by atoms with Crippen LogP contribution in [-0.4, -0.2) is 54.0 Å². The molecule has 0 spiro atoms. The minimum absolute atomic E-state index is 0.241. The second-order valence-electron chi connectivity index (χ2n) is 4.77. The van der Waals surface area contributed by atoms with E-state index in [4.69, 9.17) is 9.47 Å². The molecule has 0 aliphatic rings. The van der Waals surface area contributed by atoms with Gasteiger partial charge in [-0.25, -0.2) is 8.42 Å². The number of anilines is 1. The maximum atomic E-state index is 11.7. The topological polar surface area (TPSA) is 84.9 Å². The number of nitrogens with one attached hydrogen (secondary N) is 1. The first-order chi connectivity index (χ1) is 10.3. The lowest BCUT2D eigenvalue weighted by molar-refractivity contribution is -0.127. The molecule has 0 aliphatic carbocycles. The highest BCUT2D eigenvalue weighted by molar-refractivity contribution is 7.92. The number of nitrogens with zero attached hydrogens (tertiary/aromatic N) is 1. The molecule has 1 aromatic carbocycles. The number of sulfonamides is 1. The van der Waals surface area contributed by atoms with E-state index in [1.54, 1.807) is 38.3 Å². The van der Waals surface area contributed by atoms with E-state index in [-0.39, 0.29) is 5.91 Å². The number of methoxy groups -OCH3 is 1. The summed E-state index contributed by atoms with van der Waals surface area (Å²) >= 11 is 0. The SMILES string of the molecule is COCCNC(=O)C(C)Oc1ccc(N(C)S(C)(=O)=O)cc1. The molecule has 8 heteroatoms. The summed E-state index contributed by atoms with van der Waals surface area (Å²) in [7, 11) is -0.275. The molecule has 1 amide bonds. The van der Waals surface area contributed by atoms with Gasteiger partial charge in [-0.2, -0.15) is 0 Å². The Morgan fingerprint density at radius 2 is 1.91 bits per heavy atom. The van der Waals surface area contributed by atoms with Crippen LogP contribution in [0.15, 0.2) is 24.3 Å². The number of rotatable bonds is 8. The molecule has 0 aromatic heterocycles. The van der Waals surface area contributed by atoms with Crippen molar-refractivity contribution in [3.8, 4) is 5.75 Å². The van der Waals surface area contributed by atoms with E-state index < -0.39 is 16.1 Å². The van der Waals surface area contributed by atoms with Crippen LogP contribution >= 0.6 is 0 Å². The minimum Gasteiger partial charge on any atom is -0.481 e. The molecule has 0 radical (unpaired) electrons. The summed E-state index contributed by atoms with van der Waals surface area (Å²) in [6, 6.07) is 6.48. The highest BCUT2D eigenvalue weighted by atomic mass is 32.2. The quantitative estimate of drug-likeness (QED) is 0.706. The van der Waals surface area contributed by atoms with Crippen molar-refractivity contribution in [2.45, 2.75) is 13.0 Å². The zero-order valence-electron chi connectivity index (χ0n) is 13.2. The maximum absolute atomic E-state index is 11.7. The van der Waals surface area contributed by atoms with E-state index >= 15 is 0 Å². The number of hydrogen-bond donors (Lipinski definition) is 1. The Balaban J connectivity index is 2.62. The van der Waals surface area contributed by atoms with E-state index in [0.29, 0.717) is 24.6 Å². The number of carbonyl (C=O) groups excluding carboxylic acids is 1. The van der Waals surface area contributed by atoms with Gasteiger partial charge in [0.25, 0.3) is 5.91 Å². The molecule has 1 rings (SSSR count). The molecule has 0 aliphatic heterocycles. The van der Waals surface area contributed by atoms with Gasteiger partial charge in [-0.3, -0.25) is 9.10 Å². The molecular weight excluding hydrogens is 308 g/mol. The van der Waals surface area contributed by atoms with Crippen LogP contribution in [0, 0.1) is 0 Å². The minimum atomic E-state index is -3.30. The normalized spacial score (nSPS) is 12.5. The van der Waals surface area contributed by atoms with E-state index in [1.165, 1.54) is 7.05 Å². The first kappa shape index (κ1) is 18.2. The Labute approximate surface area is 131 Å². The van der Waals surface area contributed by atoms with E-state index in [9.17, 15) is 13.2 Å². The molecule has 1 N–H and O–H groups in total. The molecule has 22 heavy (non-hydrogen) atoms. The van der Waals surface area contributed by atoms with Crippen LogP contribution < -0.4 is 14.4 Å². The summed E-state index contributed by atoms with van der Waals surface area (Å²) in [6.07, 6.45) is 0.472. The standard InChI is InChI=1S/C14H22N2O5S/c1-11(14(17)15-9-10-20-3)21-13-7-5-12(6-8-13)16(2)22(4,18)19/h5-8,11H,9-10H2,1-4H3,(H,15,17). The number of carbonyl (C=O) groups is 1. The fraction of sp³-hybridized carbons (Fsp3) is 0.500. The smallest absolute Gasteiger partial charge is 0.260 e. The number of benzene rings is 1. The monoisotopic (exact) mass is 330 g/mol. The van der Waals surface area contributed by atoms with Crippen LogP contribution in [0.25, 0.3) is 0 Å². The Kier molecular flexibility index (Phi) is 6.63. The van der Waals surface area contributed by atoms with Gasteiger partial charge in [0.2, 0.25) is 10.0 Å². The third-order valence-corrected chi connectivity index (χ3v) is 4.19. The molecule has 0 bridgehead atoms. The molecule has 0 heterocycles. The highest BCUT2D eigenvalue weighted by Gasteiger charge is 2.15. The van der Waals surface area contributed by atoms with E-state index in [2.05, 4.69) is 5.32 Å². The Bertz CT molecular complexity index is 586. The van der Waals surface area contributed by atoms with Gasteiger partial charge in [0.15, 0.2) is 6.10 Å². The van der Waals surface area contributed by atoms with Crippen LogP contribution in [0.4, 0.5) is 5.69 Å². The summed E-state index contributed by atoms with van der Waals surface area (Å²) < 4.78 is 34.4. The predicted molar refractivity (Wildman–Crippen MR) is 84.7 cm³/mol. The summed E-state index contributed by atoms with van der Waals surface area (Å²) in [5.41, 5.74) is 0.520. The molecule has 1 aromatic rings. The van der Waals surface area contributed by atoms with Gasteiger partial charge < -0.3 is 14.8 Å². The van der Waals surface area contributed by atoms with Crippen molar-refractivity contribution < 1.29 is 22.7 Å². The van der Waals surface area contributed by atoms with Gasteiger partial charge in [-0.15, -0.1) is 0 Å². The Hall–Kier alpha value is -1.80. The van der Waals surface area contributed by atoms with Crippen molar-refractivity contribution in [3.05, 3.63) is 24.3 Å². The van der Waals surface area contributed by atoms with Crippen molar-refractivity contribution in [2.75, 3.05) is 37.9 Å². The number of hydrogen-bond acceptors (Lipinski definition) is 5. The molecule has 0 saturated heterocycles. The van der Waals surface area contributed by atoms with E-state index in [0.717, 1.165) is 10.6 Å². The number of ether oxygens (including phenoxy) is 2. The number of amides is 1. The van der Waals surface area contributed by atoms with Gasteiger partial charge in [0.05, 0.1) is 18.6 Å². The maximum Gasteiger partial charge on any atom is 0.260 e. The van der Waals surface area contributed by atoms with Crippen LogP contribution in [0.1, 0.15) is 6.92 Å². The fourth-order valence-corrected chi connectivity index (χ4v) is 2.11. The first-order valence-electron chi connectivity index (χ1n) is 6.73. The molecule has 1 atom stereocenters. The third kappa shape index (κ3) is 5.53. The summed E-state index contributed by atoms with van der Waals surface area (Å²) in [5, 5.41) is 2.68. The Morgan fingerprint density at radius 3 is 2.41 bits per heavy atom. The zero-order valence-corrected chi connectivity index (χ0v) is 14.0. The molecule has 0 saturated carbocycles. The van der Waals surface area contributed by atoms with Crippen molar-refractivity contribution in [2.24, 2.45) is 0 Å². The fourth-order valence-electron chi connectivity index (χ4n) is 1.60. The molecule has 1 unspecified atom stereocenters. The third-order valence-electron chi connectivity index (χ3n) is 2.99. The highest BCUT2D eigenvalue weighted by Crippen LogP contribution is 2.20. The lowest BCUT2D eigenvalue weighted by Crippen LogP contribution is -2.37. The van der Waals surface area contributed by atoms with Crippen molar-refractivity contribution in [1.29, 1.82) is 0 Å². The second kappa shape index (κ2) is 8.00. The average molecular weight is 330 g/mol. The van der Waals surface area contributed by atoms with Crippen LogP contribution in [0.2, 0.25) is 0 Å². The summed E-state index contributed by atoms with van der Waals surface area (Å²) in [4.78, 5) is 11.7. The van der Waals surface area contributed by atoms with Crippen LogP contribution in [-0.2, 0) is 19.6 Å². The van der Waals surface area contributed by atoms with Gasteiger partial charge in [0.1, 0.15) is 5.75 Å². The molecular formula is C14H22N2O5S. The van der Waals surface area contributed by atoms with Gasteiger partial charge in [-0.05, 0) is 31.2 Å². The molecule has 7 nitrogen and oxygen atoms in total. The largest absolute Gasteiger partial charge is 0.481 e. The van der Waals surface area contributed by atoms with Gasteiger partial charge >= 0.3 is 0 Å². The van der Waals surface area contributed by atoms with Crippen LogP contribution in [0.3, 0.4) is 0 Å².